The Bertz CT molecular complexity index is 1310. The van der Waals surface area contributed by atoms with E-state index in [-0.39, 0.29) is 18.8 Å². The summed E-state index contributed by atoms with van der Waals surface area (Å²) in [5.41, 5.74) is -0.744. The molecule has 0 unspecified atom stereocenters. The fourth-order valence-electron chi connectivity index (χ4n) is 3.33. The maximum atomic E-state index is 13.0. The Hall–Kier alpha value is -5.08. The van der Waals surface area contributed by atoms with Crippen LogP contribution in [0.3, 0.4) is 0 Å². The van der Waals surface area contributed by atoms with E-state index >= 15 is 0 Å². The van der Waals surface area contributed by atoms with E-state index < -0.39 is 59.9 Å². The van der Waals surface area contributed by atoms with Crippen molar-refractivity contribution in [1.82, 2.24) is 25.8 Å². The molecule has 15 nitrogen and oxygen atoms in total. The molecule has 1 heterocycles. The van der Waals surface area contributed by atoms with Crippen molar-refractivity contribution in [2.24, 2.45) is 0 Å². The molecule has 6 N–H and O–H groups in total. The van der Waals surface area contributed by atoms with Crippen molar-refractivity contribution in [2.75, 3.05) is 6.54 Å². The molecule has 2 aromatic rings. The zero-order valence-electron chi connectivity index (χ0n) is 24.9. The summed E-state index contributed by atoms with van der Waals surface area (Å²) in [7, 11) is 0. The molecule has 0 spiro atoms. The number of benzene rings is 1. The largest absolute Gasteiger partial charge is 0.480 e. The Kier molecular flexibility index (Phi) is 11.7. The van der Waals surface area contributed by atoms with Crippen molar-refractivity contribution in [2.45, 2.75) is 71.9 Å². The summed E-state index contributed by atoms with van der Waals surface area (Å²) < 4.78 is 15.6. The van der Waals surface area contributed by atoms with Gasteiger partial charge in [-0.25, -0.2) is 19.2 Å². The molecule has 0 aliphatic rings. The third-order valence-corrected chi connectivity index (χ3v) is 5.07. The zero-order chi connectivity index (χ0) is 32.4. The lowest BCUT2D eigenvalue weighted by atomic mass is 10.2. The predicted octanol–water partition coefficient (Wildman–Crippen LogP) is 3.32. The number of aliphatic carboxylic acids is 1. The molecule has 0 saturated heterocycles. The first-order chi connectivity index (χ1) is 19.9. The van der Waals surface area contributed by atoms with Crippen LogP contribution < -0.4 is 16.0 Å². The number of alkyl carbamates (subject to hydrolysis) is 2. The van der Waals surface area contributed by atoms with Gasteiger partial charge in [-0.1, -0.05) is 30.3 Å². The highest BCUT2D eigenvalue weighted by Gasteiger charge is 2.30. The first kappa shape index (κ1) is 34.1. The van der Waals surface area contributed by atoms with Gasteiger partial charge in [0.15, 0.2) is 0 Å². The average molecular weight is 603 g/mol. The number of carbonyl (C=O) groups excluding carboxylic acids is 4. The van der Waals surface area contributed by atoms with Crippen LogP contribution in [-0.2, 0) is 32.2 Å². The van der Waals surface area contributed by atoms with E-state index in [2.05, 4.69) is 20.9 Å². The minimum absolute atomic E-state index is 0.0210. The highest BCUT2D eigenvalue weighted by Crippen LogP contribution is 2.14. The second-order valence-electron chi connectivity index (χ2n) is 11.3. The standard InChI is InChI=1S/C28H38N6O9/c1-27(2,3)42-25(39)33-23(29)32-21(35)19-13-12-18(30-19)14-34(26(40)43-28(4,5)6)15-20(22(36)37)31-24(38)41-16-17-10-8-7-9-11-17/h7-13,20,30H,14-16H2,1-6H3,(H,31,38)(H,36,37)(H3,29,32,33,35,39)/t20-/m1/s1. The third kappa shape index (κ3) is 13.0. The Morgan fingerprint density at radius 3 is 2.12 bits per heavy atom. The summed E-state index contributed by atoms with van der Waals surface area (Å²) in [5, 5.41) is 24.1. The Balaban J connectivity index is 2.10. The maximum absolute atomic E-state index is 13.0. The van der Waals surface area contributed by atoms with Crippen LogP contribution in [0.4, 0.5) is 14.4 Å². The summed E-state index contributed by atoms with van der Waals surface area (Å²) >= 11 is 0. The number of rotatable bonds is 9. The van der Waals surface area contributed by atoms with Gasteiger partial charge in [0.2, 0.25) is 5.96 Å². The summed E-state index contributed by atoms with van der Waals surface area (Å²) in [6, 6.07) is 10.1. The fourth-order valence-corrected chi connectivity index (χ4v) is 3.33. The summed E-state index contributed by atoms with van der Waals surface area (Å²) in [5.74, 6) is -2.82. The van der Waals surface area contributed by atoms with Crippen molar-refractivity contribution in [1.29, 1.82) is 5.41 Å². The van der Waals surface area contributed by atoms with Gasteiger partial charge in [-0.15, -0.1) is 0 Å². The van der Waals surface area contributed by atoms with E-state index in [1.807, 2.05) is 0 Å². The quantitative estimate of drug-likeness (QED) is 0.141. The minimum atomic E-state index is -1.56. The molecule has 0 fully saturated rings. The van der Waals surface area contributed by atoms with Crippen molar-refractivity contribution < 1.29 is 43.3 Å². The summed E-state index contributed by atoms with van der Waals surface area (Å²) in [4.78, 5) is 65.5. The minimum Gasteiger partial charge on any atom is -0.480 e. The first-order valence-corrected chi connectivity index (χ1v) is 13.2. The van der Waals surface area contributed by atoms with Crippen LogP contribution in [0, 0.1) is 5.41 Å². The molecule has 15 heteroatoms. The third-order valence-electron chi connectivity index (χ3n) is 5.07. The predicted molar refractivity (Wildman–Crippen MR) is 153 cm³/mol. The number of aromatic nitrogens is 1. The van der Waals surface area contributed by atoms with Gasteiger partial charge in [0.1, 0.15) is 29.5 Å². The summed E-state index contributed by atoms with van der Waals surface area (Å²) in [6.07, 6.45) is -2.80. The number of guanidine groups is 1. The summed E-state index contributed by atoms with van der Waals surface area (Å²) in [6.45, 7) is 8.99. The lowest BCUT2D eigenvalue weighted by Gasteiger charge is -2.29. The molecular formula is C28H38N6O9. The van der Waals surface area contributed by atoms with Crippen molar-refractivity contribution in [3.8, 4) is 0 Å². The number of hydrogen-bond acceptors (Lipinski definition) is 9. The second kappa shape index (κ2) is 14.7. The number of nitrogens with one attached hydrogen (secondary N) is 5. The van der Waals surface area contributed by atoms with E-state index in [1.54, 1.807) is 71.9 Å². The normalized spacial score (nSPS) is 11.9. The van der Waals surface area contributed by atoms with E-state index in [9.17, 15) is 29.1 Å². The highest BCUT2D eigenvalue weighted by atomic mass is 16.6. The maximum Gasteiger partial charge on any atom is 0.414 e. The molecule has 1 aromatic heterocycles. The van der Waals surface area contributed by atoms with Gasteiger partial charge in [-0.05, 0) is 59.2 Å². The van der Waals surface area contributed by atoms with E-state index in [0.717, 1.165) is 4.90 Å². The molecule has 4 amide bonds. The molecule has 0 aliphatic carbocycles. The molecule has 0 aliphatic heterocycles. The van der Waals surface area contributed by atoms with Gasteiger partial charge in [0.25, 0.3) is 5.91 Å². The molecule has 2 rings (SSSR count). The van der Waals surface area contributed by atoms with Gasteiger partial charge in [0, 0.05) is 5.69 Å². The van der Waals surface area contributed by atoms with Gasteiger partial charge >= 0.3 is 24.2 Å². The van der Waals surface area contributed by atoms with Crippen molar-refractivity contribution in [3.05, 3.63) is 59.4 Å². The number of hydrogen-bond donors (Lipinski definition) is 6. The average Bonchev–Trinajstić information content (AvgIpc) is 3.33. The van der Waals surface area contributed by atoms with E-state index in [1.165, 1.54) is 12.1 Å². The van der Waals surface area contributed by atoms with Crippen LogP contribution in [0.2, 0.25) is 0 Å². The Morgan fingerprint density at radius 2 is 1.53 bits per heavy atom. The van der Waals surface area contributed by atoms with Crippen molar-refractivity contribution in [3.63, 3.8) is 0 Å². The van der Waals surface area contributed by atoms with Gasteiger partial charge < -0.3 is 29.6 Å². The van der Waals surface area contributed by atoms with Crippen LogP contribution in [0.5, 0.6) is 0 Å². The fraction of sp³-hybridized carbons (Fsp3) is 0.429. The molecule has 1 atom stereocenters. The van der Waals surface area contributed by atoms with E-state index in [0.29, 0.717) is 11.3 Å². The SMILES string of the molecule is CC(C)(C)OC(=O)NC(=N)NC(=O)c1ccc(CN(C[C@@H](NC(=O)OCc2ccccc2)C(=O)O)C(=O)OC(C)(C)C)[nH]1. The van der Waals surface area contributed by atoms with E-state index in [4.69, 9.17) is 19.6 Å². The number of H-pyrrole nitrogens is 1. The topological polar surface area (TPSA) is 212 Å². The second-order valence-corrected chi connectivity index (χ2v) is 11.3. The van der Waals surface area contributed by atoms with Gasteiger partial charge in [-0.2, -0.15) is 0 Å². The number of carboxylic acid groups (broad SMARTS) is 1. The molecule has 234 valence electrons. The highest BCUT2D eigenvalue weighted by molar-refractivity contribution is 6.07. The van der Waals surface area contributed by atoms with Crippen molar-refractivity contribution >= 4 is 36.1 Å². The molecule has 0 radical (unpaired) electrons. The number of carbonyl (C=O) groups is 5. The van der Waals surface area contributed by atoms with Crippen LogP contribution in [0.1, 0.15) is 63.3 Å². The molecule has 0 bridgehead atoms. The van der Waals surface area contributed by atoms with Crippen LogP contribution >= 0.6 is 0 Å². The lowest BCUT2D eigenvalue weighted by molar-refractivity contribution is -0.139. The van der Waals surface area contributed by atoms with Crippen LogP contribution in [0.25, 0.3) is 0 Å². The number of nitrogens with zero attached hydrogens (tertiary/aromatic N) is 1. The van der Waals surface area contributed by atoms with Crippen LogP contribution in [0.15, 0.2) is 42.5 Å². The Labute approximate surface area is 248 Å². The Morgan fingerprint density at radius 1 is 0.907 bits per heavy atom. The van der Waals surface area contributed by atoms with Gasteiger partial charge in [-0.3, -0.25) is 25.7 Å². The molecule has 0 saturated carbocycles. The number of aromatic amines is 1. The first-order valence-electron chi connectivity index (χ1n) is 13.2. The van der Waals surface area contributed by atoms with Gasteiger partial charge in [0.05, 0.1) is 13.1 Å². The smallest absolute Gasteiger partial charge is 0.414 e. The molecule has 1 aromatic carbocycles. The van der Waals surface area contributed by atoms with Crippen LogP contribution in [-0.4, -0.2) is 74.9 Å². The number of carboxylic acids is 1. The molecule has 43 heavy (non-hydrogen) atoms. The zero-order valence-corrected chi connectivity index (χ0v) is 24.9. The monoisotopic (exact) mass is 602 g/mol. The number of ether oxygens (including phenoxy) is 3. The molecular weight excluding hydrogens is 564 g/mol. The lowest BCUT2D eigenvalue weighted by Crippen LogP contribution is -2.50. The number of amides is 4.